The molecule has 0 radical (unpaired) electrons. The first-order valence-electron chi connectivity index (χ1n) is 7.54. The molecule has 134 valence electrons. The van der Waals surface area contributed by atoms with E-state index in [1.165, 1.54) is 4.57 Å². The Bertz CT molecular complexity index is 923. The molecule has 8 nitrogen and oxygen atoms in total. The molecule has 0 spiro atoms. The van der Waals surface area contributed by atoms with Gasteiger partial charge in [0.25, 0.3) is 11.1 Å². The van der Waals surface area contributed by atoms with Crippen LogP contribution in [-0.4, -0.2) is 37.1 Å². The number of benzene rings is 1. The standard InChI is InChI=1S/C16H13ClN4O4S/c1-10-18-9-14(21(24)25)19(10)6-7-20-15(22)13(26-16(20)23)8-11-2-4-12(17)5-3-11/h2-5,8-9H,6-7H2,1H3/b13-8-. The van der Waals surface area contributed by atoms with Crippen LogP contribution in [0.5, 0.6) is 0 Å². The van der Waals surface area contributed by atoms with E-state index in [4.69, 9.17) is 11.6 Å². The zero-order chi connectivity index (χ0) is 18.8. The van der Waals surface area contributed by atoms with Crippen LogP contribution in [0.1, 0.15) is 11.4 Å². The number of carbonyl (C=O) groups excluding carboxylic acids is 2. The monoisotopic (exact) mass is 392 g/mol. The number of nitro groups is 1. The molecule has 0 N–H and O–H groups in total. The Labute approximate surface area is 157 Å². The number of hydrogen-bond donors (Lipinski definition) is 0. The summed E-state index contributed by atoms with van der Waals surface area (Å²) in [7, 11) is 0. The second-order valence-electron chi connectivity index (χ2n) is 5.46. The average molecular weight is 393 g/mol. The maximum Gasteiger partial charge on any atom is 0.342 e. The molecule has 3 rings (SSSR count). The first kappa shape index (κ1) is 18.2. The van der Waals surface area contributed by atoms with Gasteiger partial charge in [0.15, 0.2) is 5.82 Å². The molecular formula is C16H13ClN4O4S. The van der Waals surface area contributed by atoms with E-state index in [0.29, 0.717) is 15.8 Å². The van der Waals surface area contributed by atoms with Gasteiger partial charge in [-0.15, -0.1) is 0 Å². The smallest absolute Gasteiger partial charge is 0.342 e. The Hall–Kier alpha value is -2.65. The van der Waals surface area contributed by atoms with Crippen LogP contribution in [0, 0.1) is 17.0 Å². The van der Waals surface area contributed by atoms with Crippen LogP contribution in [0.3, 0.4) is 0 Å². The number of nitrogens with zero attached hydrogens (tertiary/aromatic N) is 4. The zero-order valence-electron chi connectivity index (χ0n) is 13.6. The molecule has 2 heterocycles. The highest BCUT2D eigenvalue weighted by Gasteiger charge is 2.35. The molecular weight excluding hydrogens is 380 g/mol. The van der Waals surface area contributed by atoms with Crippen LogP contribution in [0.4, 0.5) is 10.6 Å². The van der Waals surface area contributed by atoms with Gasteiger partial charge >= 0.3 is 5.82 Å². The summed E-state index contributed by atoms with van der Waals surface area (Å²) < 4.78 is 1.37. The van der Waals surface area contributed by atoms with Crippen molar-refractivity contribution in [3.63, 3.8) is 0 Å². The highest BCUT2D eigenvalue weighted by molar-refractivity contribution is 8.18. The SMILES string of the molecule is Cc1ncc([N+](=O)[O-])n1CCN1C(=O)S/C(=C\c2ccc(Cl)cc2)C1=O. The molecule has 1 saturated heterocycles. The zero-order valence-corrected chi connectivity index (χ0v) is 15.2. The van der Waals surface area contributed by atoms with Gasteiger partial charge in [-0.1, -0.05) is 23.7 Å². The highest BCUT2D eigenvalue weighted by atomic mass is 35.5. The largest absolute Gasteiger partial charge is 0.358 e. The normalized spacial score (nSPS) is 15.9. The third kappa shape index (κ3) is 3.63. The highest BCUT2D eigenvalue weighted by Crippen LogP contribution is 2.32. The molecule has 1 fully saturated rings. The maximum absolute atomic E-state index is 12.5. The van der Waals surface area contributed by atoms with E-state index in [9.17, 15) is 19.7 Å². The van der Waals surface area contributed by atoms with E-state index in [1.54, 1.807) is 37.3 Å². The minimum atomic E-state index is -0.547. The van der Waals surface area contributed by atoms with E-state index in [0.717, 1.165) is 28.4 Å². The fraction of sp³-hybridized carbons (Fsp3) is 0.188. The maximum atomic E-state index is 12.5. The Balaban J connectivity index is 1.75. The third-order valence-electron chi connectivity index (χ3n) is 3.81. The fourth-order valence-electron chi connectivity index (χ4n) is 2.48. The summed E-state index contributed by atoms with van der Waals surface area (Å²) >= 11 is 6.67. The molecule has 0 aliphatic carbocycles. The second kappa shape index (κ2) is 7.30. The van der Waals surface area contributed by atoms with Crippen molar-refractivity contribution >= 4 is 46.4 Å². The number of halogens is 1. The average Bonchev–Trinajstić information content (AvgIpc) is 3.08. The summed E-state index contributed by atoms with van der Waals surface area (Å²) in [6, 6.07) is 6.88. The fourth-order valence-corrected chi connectivity index (χ4v) is 3.47. The van der Waals surface area contributed by atoms with E-state index >= 15 is 0 Å². The summed E-state index contributed by atoms with van der Waals surface area (Å²) in [6.45, 7) is 1.76. The van der Waals surface area contributed by atoms with Crippen LogP contribution < -0.4 is 0 Å². The molecule has 1 aromatic carbocycles. The molecule has 26 heavy (non-hydrogen) atoms. The summed E-state index contributed by atoms with van der Waals surface area (Å²) in [6.07, 6.45) is 2.77. The Morgan fingerprint density at radius 3 is 2.62 bits per heavy atom. The summed E-state index contributed by atoms with van der Waals surface area (Å²) in [5.41, 5.74) is 0.751. The van der Waals surface area contributed by atoms with Crippen molar-refractivity contribution in [2.24, 2.45) is 0 Å². The van der Waals surface area contributed by atoms with Gasteiger partial charge in [-0.3, -0.25) is 14.5 Å². The predicted molar refractivity (Wildman–Crippen MR) is 97.7 cm³/mol. The van der Waals surface area contributed by atoms with E-state index < -0.39 is 16.1 Å². The van der Waals surface area contributed by atoms with E-state index in [-0.39, 0.29) is 18.9 Å². The lowest BCUT2D eigenvalue weighted by Crippen LogP contribution is -2.31. The van der Waals surface area contributed by atoms with Gasteiger partial charge in [-0.05, 0) is 40.5 Å². The topological polar surface area (TPSA) is 98.3 Å². The molecule has 1 aliphatic rings. The van der Waals surface area contributed by atoms with Gasteiger partial charge in [0.1, 0.15) is 12.7 Å². The first-order chi connectivity index (χ1) is 12.4. The quantitative estimate of drug-likeness (QED) is 0.438. The van der Waals surface area contributed by atoms with Gasteiger partial charge in [-0.2, -0.15) is 0 Å². The van der Waals surface area contributed by atoms with E-state index in [1.807, 2.05) is 0 Å². The van der Waals surface area contributed by atoms with Crippen molar-refractivity contribution in [1.29, 1.82) is 0 Å². The molecule has 1 aliphatic heterocycles. The Kier molecular flexibility index (Phi) is 5.10. The summed E-state index contributed by atoms with van der Waals surface area (Å²) in [5, 5.41) is 11.2. The van der Waals surface area contributed by atoms with Crippen LogP contribution in [0.25, 0.3) is 6.08 Å². The van der Waals surface area contributed by atoms with Crippen molar-refractivity contribution in [3.8, 4) is 0 Å². The number of rotatable bonds is 5. The lowest BCUT2D eigenvalue weighted by molar-refractivity contribution is -0.392. The van der Waals surface area contributed by atoms with Crippen molar-refractivity contribution in [2.45, 2.75) is 13.5 Å². The lowest BCUT2D eigenvalue weighted by Gasteiger charge is -2.11. The number of imide groups is 1. The van der Waals surface area contributed by atoms with Crippen molar-refractivity contribution in [2.75, 3.05) is 6.54 Å². The molecule has 2 aromatic rings. The molecule has 10 heteroatoms. The summed E-state index contributed by atoms with van der Waals surface area (Å²) in [4.78, 5) is 40.4. The van der Waals surface area contributed by atoms with E-state index in [2.05, 4.69) is 4.98 Å². The van der Waals surface area contributed by atoms with Crippen LogP contribution >= 0.6 is 23.4 Å². The number of aryl methyl sites for hydroxylation is 1. The third-order valence-corrected chi connectivity index (χ3v) is 4.97. The number of thioether (sulfide) groups is 1. The Morgan fingerprint density at radius 2 is 1.96 bits per heavy atom. The van der Waals surface area contributed by atoms with Gasteiger partial charge in [0.2, 0.25) is 0 Å². The van der Waals surface area contributed by atoms with Gasteiger partial charge in [0, 0.05) is 11.9 Å². The van der Waals surface area contributed by atoms with Crippen molar-refractivity contribution < 1.29 is 14.5 Å². The molecule has 2 amide bonds. The molecule has 0 saturated carbocycles. The van der Waals surface area contributed by atoms with Crippen molar-refractivity contribution in [1.82, 2.24) is 14.5 Å². The Morgan fingerprint density at radius 1 is 1.27 bits per heavy atom. The number of aromatic nitrogens is 2. The predicted octanol–water partition coefficient (Wildman–Crippen LogP) is 3.49. The number of carbonyl (C=O) groups is 2. The molecule has 0 atom stereocenters. The minimum Gasteiger partial charge on any atom is -0.358 e. The first-order valence-corrected chi connectivity index (χ1v) is 8.73. The van der Waals surface area contributed by atoms with Gasteiger partial charge in [0.05, 0.1) is 11.4 Å². The van der Waals surface area contributed by atoms with Crippen molar-refractivity contribution in [3.05, 3.63) is 61.9 Å². The van der Waals surface area contributed by atoms with Gasteiger partial charge < -0.3 is 10.1 Å². The second-order valence-corrected chi connectivity index (χ2v) is 6.89. The number of imidazole rings is 1. The summed E-state index contributed by atoms with van der Waals surface area (Å²) in [5.74, 6) is -0.151. The number of hydrogen-bond acceptors (Lipinski definition) is 6. The van der Waals surface area contributed by atoms with Crippen LogP contribution in [0.15, 0.2) is 35.4 Å². The van der Waals surface area contributed by atoms with Crippen LogP contribution in [0.2, 0.25) is 5.02 Å². The minimum absolute atomic E-state index is 0.0284. The lowest BCUT2D eigenvalue weighted by atomic mass is 10.2. The molecule has 0 unspecified atom stereocenters. The number of amides is 2. The van der Waals surface area contributed by atoms with Gasteiger partial charge in [-0.25, -0.2) is 9.55 Å². The molecule has 0 bridgehead atoms. The molecule has 1 aromatic heterocycles. The van der Waals surface area contributed by atoms with Crippen LogP contribution in [-0.2, 0) is 11.3 Å².